The zero-order valence-corrected chi connectivity index (χ0v) is 13.9. The minimum atomic E-state index is -3.52. The van der Waals surface area contributed by atoms with Crippen molar-refractivity contribution >= 4 is 10.0 Å². The molecule has 1 aromatic rings. The molecule has 5 nitrogen and oxygen atoms in total. The van der Waals surface area contributed by atoms with Gasteiger partial charge in [0, 0.05) is 13.1 Å². The van der Waals surface area contributed by atoms with E-state index in [9.17, 15) is 13.5 Å². The van der Waals surface area contributed by atoms with Crippen LogP contribution in [0.25, 0.3) is 0 Å². The Labute approximate surface area is 128 Å². The van der Waals surface area contributed by atoms with Gasteiger partial charge in [-0.05, 0) is 49.7 Å². The number of hydrogen-bond donors (Lipinski definition) is 2. The first-order chi connectivity index (χ1) is 9.94. The molecule has 0 heterocycles. The van der Waals surface area contributed by atoms with Crippen molar-refractivity contribution in [1.82, 2.24) is 9.62 Å². The average Bonchev–Trinajstić information content (AvgIpc) is 2.46. The Hall–Kier alpha value is -0.950. The summed E-state index contributed by atoms with van der Waals surface area (Å²) in [7, 11) is -3.52. The van der Waals surface area contributed by atoms with Crippen molar-refractivity contribution in [3.05, 3.63) is 29.3 Å². The van der Waals surface area contributed by atoms with E-state index in [2.05, 4.69) is 23.5 Å². The van der Waals surface area contributed by atoms with Crippen molar-refractivity contribution in [2.75, 3.05) is 26.2 Å². The summed E-state index contributed by atoms with van der Waals surface area (Å²) in [5.74, 6) is 0. The molecular weight excluding hydrogens is 288 g/mol. The van der Waals surface area contributed by atoms with E-state index in [1.165, 1.54) is 6.07 Å². The van der Waals surface area contributed by atoms with E-state index >= 15 is 0 Å². The minimum absolute atomic E-state index is 0.157. The van der Waals surface area contributed by atoms with Crippen molar-refractivity contribution in [2.45, 2.75) is 38.7 Å². The molecule has 0 radical (unpaired) electrons. The maximum Gasteiger partial charge on any atom is 0.240 e. The van der Waals surface area contributed by atoms with Gasteiger partial charge in [0.15, 0.2) is 0 Å². The van der Waals surface area contributed by atoms with E-state index in [4.69, 9.17) is 0 Å². The molecule has 0 aliphatic rings. The maximum atomic E-state index is 12.2. The molecule has 1 rings (SSSR count). The summed E-state index contributed by atoms with van der Waals surface area (Å²) in [5, 5.41) is 9.23. The van der Waals surface area contributed by atoms with Crippen LogP contribution in [-0.2, 0) is 16.6 Å². The highest BCUT2D eigenvalue weighted by Crippen LogP contribution is 2.15. The fourth-order valence-corrected chi connectivity index (χ4v) is 3.22. The van der Waals surface area contributed by atoms with Crippen LogP contribution in [0.4, 0.5) is 0 Å². The first kappa shape index (κ1) is 18.1. The van der Waals surface area contributed by atoms with E-state index < -0.39 is 10.0 Å². The predicted molar refractivity (Wildman–Crippen MR) is 84.7 cm³/mol. The standard InChI is InChI=1S/C15H26N2O3S/c1-4-9-17(5-2)10-8-16-21(19,20)15-7-6-13(3)14(11-15)12-18/h6-7,11,16,18H,4-5,8-10,12H2,1-3H3. The van der Waals surface area contributed by atoms with E-state index in [1.54, 1.807) is 12.1 Å². The number of benzene rings is 1. The zero-order valence-electron chi connectivity index (χ0n) is 13.1. The number of rotatable bonds is 9. The second kappa shape index (κ2) is 8.48. The number of nitrogens with one attached hydrogen (secondary N) is 1. The van der Waals surface area contributed by atoms with Gasteiger partial charge in [-0.3, -0.25) is 0 Å². The van der Waals surface area contributed by atoms with Crippen LogP contribution in [0.15, 0.2) is 23.1 Å². The highest BCUT2D eigenvalue weighted by molar-refractivity contribution is 7.89. The van der Waals surface area contributed by atoms with Crippen LogP contribution in [0.2, 0.25) is 0 Å². The largest absolute Gasteiger partial charge is 0.392 e. The van der Waals surface area contributed by atoms with Gasteiger partial charge in [-0.15, -0.1) is 0 Å². The zero-order chi connectivity index (χ0) is 15.9. The first-order valence-corrected chi connectivity index (χ1v) is 8.85. The summed E-state index contributed by atoms with van der Waals surface area (Å²) in [6.45, 7) is 8.83. The summed E-state index contributed by atoms with van der Waals surface area (Å²) in [4.78, 5) is 2.41. The molecular formula is C15H26N2O3S. The van der Waals surface area contributed by atoms with Gasteiger partial charge in [-0.1, -0.05) is 19.9 Å². The summed E-state index contributed by atoms with van der Waals surface area (Å²) in [6.07, 6.45) is 1.05. The number of hydrogen-bond acceptors (Lipinski definition) is 4. The molecule has 0 spiro atoms. The fraction of sp³-hybridized carbons (Fsp3) is 0.600. The Morgan fingerprint density at radius 1 is 1.24 bits per heavy atom. The third-order valence-electron chi connectivity index (χ3n) is 3.51. The first-order valence-electron chi connectivity index (χ1n) is 7.37. The van der Waals surface area contributed by atoms with Crippen molar-refractivity contribution in [1.29, 1.82) is 0 Å². The van der Waals surface area contributed by atoms with Gasteiger partial charge in [0.25, 0.3) is 0 Å². The van der Waals surface area contributed by atoms with Crippen molar-refractivity contribution in [3.8, 4) is 0 Å². The lowest BCUT2D eigenvalue weighted by Crippen LogP contribution is -2.35. The molecule has 120 valence electrons. The monoisotopic (exact) mass is 314 g/mol. The molecule has 21 heavy (non-hydrogen) atoms. The van der Waals surface area contributed by atoms with Gasteiger partial charge in [-0.2, -0.15) is 0 Å². The molecule has 0 fully saturated rings. The van der Waals surface area contributed by atoms with Crippen LogP contribution in [0, 0.1) is 6.92 Å². The molecule has 0 saturated heterocycles. The van der Waals surface area contributed by atoms with Gasteiger partial charge >= 0.3 is 0 Å². The summed E-state index contributed by atoms with van der Waals surface area (Å²) >= 11 is 0. The fourth-order valence-electron chi connectivity index (χ4n) is 2.15. The molecule has 0 amide bonds. The smallest absolute Gasteiger partial charge is 0.240 e. The molecule has 0 aliphatic carbocycles. The summed E-state index contributed by atoms with van der Waals surface area (Å²) in [5.41, 5.74) is 1.52. The number of likely N-dealkylation sites (N-methyl/N-ethyl adjacent to an activating group) is 1. The molecule has 0 aliphatic heterocycles. The molecule has 0 atom stereocenters. The van der Waals surface area contributed by atoms with Crippen LogP contribution in [-0.4, -0.2) is 44.6 Å². The summed E-state index contributed by atoms with van der Waals surface area (Å²) < 4.78 is 27.1. The number of aliphatic hydroxyl groups is 1. The van der Waals surface area contributed by atoms with Gasteiger partial charge in [0.05, 0.1) is 11.5 Å². The predicted octanol–water partition coefficient (Wildman–Crippen LogP) is 1.50. The van der Waals surface area contributed by atoms with Gasteiger partial charge < -0.3 is 10.0 Å². The van der Waals surface area contributed by atoms with Gasteiger partial charge in [0.1, 0.15) is 0 Å². The van der Waals surface area contributed by atoms with E-state index in [1.807, 2.05) is 6.92 Å². The third kappa shape index (κ3) is 5.39. The van der Waals surface area contributed by atoms with Crippen LogP contribution in [0.1, 0.15) is 31.4 Å². The van der Waals surface area contributed by atoms with E-state index in [0.29, 0.717) is 18.7 Å². The Kier molecular flexibility index (Phi) is 7.31. The SMILES string of the molecule is CCCN(CC)CCNS(=O)(=O)c1ccc(C)c(CO)c1. The molecule has 0 saturated carbocycles. The Balaban J connectivity index is 2.69. The number of aryl methyl sites for hydroxylation is 1. The number of aliphatic hydroxyl groups excluding tert-OH is 1. The molecule has 0 bridgehead atoms. The molecule has 0 aromatic heterocycles. The van der Waals surface area contributed by atoms with Crippen molar-refractivity contribution in [2.24, 2.45) is 0 Å². The lowest BCUT2D eigenvalue weighted by Gasteiger charge is -2.19. The highest BCUT2D eigenvalue weighted by Gasteiger charge is 2.15. The van der Waals surface area contributed by atoms with Gasteiger partial charge in [-0.25, -0.2) is 13.1 Å². The average molecular weight is 314 g/mol. The second-order valence-corrected chi connectivity index (χ2v) is 6.85. The van der Waals surface area contributed by atoms with Crippen LogP contribution in [0.5, 0.6) is 0 Å². The summed E-state index contributed by atoms with van der Waals surface area (Å²) in [6, 6.07) is 4.82. The topological polar surface area (TPSA) is 69.6 Å². The quantitative estimate of drug-likeness (QED) is 0.725. The van der Waals surface area contributed by atoms with Crippen LogP contribution in [0.3, 0.4) is 0 Å². The van der Waals surface area contributed by atoms with Crippen molar-refractivity contribution in [3.63, 3.8) is 0 Å². The normalized spacial score (nSPS) is 12.0. The molecule has 0 unspecified atom stereocenters. The van der Waals surface area contributed by atoms with Crippen LogP contribution >= 0.6 is 0 Å². The Morgan fingerprint density at radius 3 is 2.52 bits per heavy atom. The second-order valence-electron chi connectivity index (χ2n) is 5.08. The molecule has 6 heteroatoms. The number of sulfonamides is 1. The van der Waals surface area contributed by atoms with E-state index in [-0.39, 0.29) is 11.5 Å². The third-order valence-corrected chi connectivity index (χ3v) is 4.97. The highest BCUT2D eigenvalue weighted by atomic mass is 32.2. The molecule has 2 N–H and O–H groups in total. The molecule has 1 aromatic carbocycles. The lowest BCUT2D eigenvalue weighted by atomic mass is 10.1. The lowest BCUT2D eigenvalue weighted by molar-refractivity contribution is 0.280. The van der Waals surface area contributed by atoms with E-state index in [0.717, 1.165) is 25.1 Å². The Morgan fingerprint density at radius 2 is 1.95 bits per heavy atom. The van der Waals surface area contributed by atoms with Gasteiger partial charge in [0.2, 0.25) is 10.0 Å². The number of nitrogens with zero attached hydrogens (tertiary/aromatic N) is 1. The minimum Gasteiger partial charge on any atom is -0.392 e. The maximum absolute atomic E-state index is 12.2. The Bertz CT molecular complexity index is 544. The van der Waals surface area contributed by atoms with Crippen LogP contribution < -0.4 is 4.72 Å². The van der Waals surface area contributed by atoms with Crippen molar-refractivity contribution < 1.29 is 13.5 Å².